The number of rotatable bonds is 1. The lowest BCUT2D eigenvalue weighted by molar-refractivity contribution is 0.238. The lowest BCUT2D eigenvalue weighted by Gasteiger charge is -2.25. The van der Waals surface area contributed by atoms with Crippen molar-refractivity contribution in [1.82, 2.24) is 10.6 Å². The van der Waals surface area contributed by atoms with Crippen LogP contribution < -0.4 is 10.6 Å². The third-order valence-electron chi connectivity index (χ3n) is 2.27. The molecule has 0 unspecified atom stereocenters. The maximum absolute atomic E-state index is 11.0. The van der Waals surface area contributed by atoms with Gasteiger partial charge in [0.1, 0.15) is 0 Å². The second-order valence-corrected chi connectivity index (χ2v) is 3.18. The Balaban J connectivity index is 2.39. The minimum absolute atomic E-state index is 0.108. The zero-order valence-electron chi connectivity index (χ0n) is 7.52. The number of carbonyl (C=O) groups excluding carboxylic acids is 1. The van der Waals surface area contributed by atoms with E-state index >= 15 is 0 Å². The molecule has 0 spiro atoms. The standard InChI is InChI=1S/C9H16N2O/c1-7-5-3-4-6-8(7)11-9(12)10-2/h8H,1,3-6H2,2H3,(H2,10,11,12)/t8-/m0/s1. The summed E-state index contributed by atoms with van der Waals surface area (Å²) in [5.41, 5.74) is 1.16. The van der Waals surface area contributed by atoms with Crippen molar-refractivity contribution in [2.24, 2.45) is 0 Å². The van der Waals surface area contributed by atoms with Gasteiger partial charge in [-0.1, -0.05) is 18.6 Å². The largest absolute Gasteiger partial charge is 0.341 e. The van der Waals surface area contributed by atoms with Crippen molar-refractivity contribution in [2.45, 2.75) is 31.7 Å². The summed E-state index contributed by atoms with van der Waals surface area (Å²) < 4.78 is 0. The van der Waals surface area contributed by atoms with Crippen molar-refractivity contribution in [1.29, 1.82) is 0 Å². The van der Waals surface area contributed by atoms with Crippen molar-refractivity contribution in [3.8, 4) is 0 Å². The number of carbonyl (C=O) groups is 1. The van der Waals surface area contributed by atoms with Crippen LogP contribution in [-0.2, 0) is 0 Å². The molecule has 0 aromatic heterocycles. The smallest absolute Gasteiger partial charge is 0.315 e. The van der Waals surface area contributed by atoms with E-state index in [1.807, 2.05) is 0 Å². The van der Waals surface area contributed by atoms with Crippen LogP contribution >= 0.6 is 0 Å². The summed E-state index contributed by atoms with van der Waals surface area (Å²) in [6, 6.07) is 0.0850. The molecule has 2 amide bonds. The molecular weight excluding hydrogens is 152 g/mol. The lowest BCUT2D eigenvalue weighted by atomic mass is 9.91. The summed E-state index contributed by atoms with van der Waals surface area (Å²) in [4.78, 5) is 11.0. The number of urea groups is 1. The summed E-state index contributed by atoms with van der Waals surface area (Å²) in [7, 11) is 1.63. The van der Waals surface area contributed by atoms with Crippen molar-refractivity contribution in [2.75, 3.05) is 7.05 Å². The monoisotopic (exact) mass is 168 g/mol. The highest BCUT2D eigenvalue weighted by Gasteiger charge is 2.17. The van der Waals surface area contributed by atoms with Gasteiger partial charge in [-0.2, -0.15) is 0 Å². The molecule has 1 saturated carbocycles. The van der Waals surface area contributed by atoms with Gasteiger partial charge in [0.05, 0.1) is 6.04 Å². The summed E-state index contributed by atoms with van der Waals surface area (Å²) in [6.45, 7) is 3.94. The summed E-state index contributed by atoms with van der Waals surface area (Å²) in [5.74, 6) is 0. The van der Waals surface area contributed by atoms with Crippen LogP contribution in [0.5, 0.6) is 0 Å². The van der Waals surface area contributed by atoms with E-state index in [4.69, 9.17) is 0 Å². The molecule has 3 nitrogen and oxygen atoms in total. The zero-order chi connectivity index (χ0) is 8.97. The van der Waals surface area contributed by atoms with E-state index < -0.39 is 0 Å². The predicted molar refractivity (Wildman–Crippen MR) is 49.0 cm³/mol. The second kappa shape index (κ2) is 4.14. The third-order valence-corrected chi connectivity index (χ3v) is 2.27. The first-order valence-electron chi connectivity index (χ1n) is 4.40. The quantitative estimate of drug-likeness (QED) is 0.571. The highest BCUT2D eigenvalue weighted by Crippen LogP contribution is 2.21. The molecule has 68 valence electrons. The van der Waals surface area contributed by atoms with Gasteiger partial charge in [0, 0.05) is 7.05 Å². The van der Waals surface area contributed by atoms with Gasteiger partial charge in [-0.25, -0.2) is 4.79 Å². The minimum Gasteiger partial charge on any atom is -0.341 e. The van der Waals surface area contributed by atoms with Gasteiger partial charge in [-0.05, 0) is 19.3 Å². The van der Waals surface area contributed by atoms with Gasteiger partial charge < -0.3 is 10.6 Å². The van der Waals surface area contributed by atoms with Crippen LogP contribution in [0.1, 0.15) is 25.7 Å². The normalized spacial score (nSPS) is 23.4. The Hall–Kier alpha value is -0.990. The van der Waals surface area contributed by atoms with E-state index in [9.17, 15) is 4.79 Å². The van der Waals surface area contributed by atoms with E-state index in [1.54, 1.807) is 7.05 Å². The molecule has 12 heavy (non-hydrogen) atoms. The Morgan fingerprint density at radius 1 is 1.58 bits per heavy atom. The molecule has 1 fully saturated rings. The van der Waals surface area contributed by atoms with Crippen LogP contribution in [-0.4, -0.2) is 19.1 Å². The molecule has 1 atom stereocenters. The van der Waals surface area contributed by atoms with Gasteiger partial charge >= 0.3 is 6.03 Å². The second-order valence-electron chi connectivity index (χ2n) is 3.18. The average Bonchev–Trinajstić information content (AvgIpc) is 2.09. The first-order valence-corrected chi connectivity index (χ1v) is 4.40. The molecule has 1 rings (SSSR count). The van der Waals surface area contributed by atoms with Gasteiger partial charge in [0.25, 0.3) is 0 Å². The molecular formula is C9H16N2O. The van der Waals surface area contributed by atoms with Crippen LogP contribution in [0, 0.1) is 0 Å². The fourth-order valence-electron chi connectivity index (χ4n) is 1.48. The Bertz CT molecular complexity index is 189. The molecule has 0 aromatic carbocycles. The first-order chi connectivity index (χ1) is 5.74. The average molecular weight is 168 g/mol. The van der Waals surface area contributed by atoms with Gasteiger partial charge in [0.15, 0.2) is 0 Å². The van der Waals surface area contributed by atoms with E-state index in [1.165, 1.54) is 12.8 Å². The topological polar surface area (TPSA) is 41.1 Å². The molecule has 0 aliphatic heterocycles. The van der Waals surface area contributed by atoms with Gasteiger partial charge in [-0.3, -0.25) is 0 Å². The zero-order valence-corrected chi connectivity index (χ0v) is 7.52. The predicted octanol–water partition coefficient (Wildman–Crippen LogP) is 1.41. The molecule has 0 saturated heterocycles. The number of hydrogen-bond acceptors (Lipinski definition) is 1. The van der Waals surface area contributed by atoms with E-state index in [0.29, 0.717) is 0 Å². The summed E-state index contributed by atoms with van der Waals surface area (Å²) >= 11 is 0. The molecule has 0 radical (unpaired) electrons. The van der Waals surface area contributed by atoms with Crippen LogP contribution in [0.4, 0.5) is 4.79 Å². The van der Waals surface area contributed by atoms with Crippen LogP contribution in [0.25, 0.3) is 0 Å². The Kier molecular flexibility index (Phi) is 3.14. The van der Waals surface area contributed by atoms with Gasteiger partial charge in [-0.15, -0.1) is 0 Å². The van der Waals surface area contributed by atoms with E-state index in [-0.39, 0.29) is 12.1 Å². The Labute approximate surface area is 73.2 Å². The highest BCUT2D eigenvalue weighted by atomic mass is 16.2. The number of hydrogen-bond donors (Lipinski definition) is 2. The summed E-state index contributed by atoms with van der Waals surface area (Å²) in [5, 5.41) is 5.41. The van der Waals surface area contributed by atoms with Crippen LogP contribution in [0.3, 0.4) is 0 Å². The molecule has 0 heterocycles. The lowest BCUT2D eigenvalue weighted by Crippen LogP contribution is -2.42. The molecule has 0 bridgehead atoms. The SMILES string of the molecule is C=C1CCCC[C@@H]1NC(=O)NC. The van der Waals surface area contributed by atoms with E-state index in [0.717, 1.165) is 18.4 Å². The van der Waals surface area contributed by atoms with Crippen molar-refractivity contribution in [3.05, 3.63) is 12.2 Å². The maximum Gasteiger partial charge on any atom is 0.315 e. The molecule has 0 aromatic rings. The first kappa shape index (κ1) is 9.10. The molecule has 3 heteroatoms. The fourth-order valence-corrected chi connectivity index (χ4v) is 1.48. The Morgan fingerprint density at radius 2 is 2.33 bits per heavy atom. The molecule has 1 aliphatic carbocycles. The number of nitrogens with one attached hydrogen (secondary N) is 2. The van der Waals surface area contributed by atoms with Crippen molar-refractivity contribution in [3.63, 3.8) is 0 Å². The van der Waals surface area contributed by atoms with Gasteiger partial charge in [0.2, 0.25) is 0 Å². The van der Waals surface area contributed by atoms with E-state index in [2.05, 4.69) is 17.2 Å². The summed E-state index contributed by atoms with van der Waals surface area (Å²) in [6.07, 6.45) is 4.49. The Morgan fingerprint density at radius 3 is 2.92 bits per heavy atom. The maximum atomic E-state index is 11.0. The minimum atomic E-state index is -0.108. The van der Waals surface area contributed by atoms with Crippen LogP contribution in [0.15, 0.2) is 12.2 Å². The molecule has 2 N–H and O–H groups in total. The molecule has 1 aliphatic rings. The third kappa shape index (κ3) is 2.26. The van der Waals surface area contributed by atoms with Crippen molar-refractivity contribution < 1.29 is 4.79 Å². The van der Waals surface area contributed by atoms with Crippen LogP contribution in [0.2, 0.25) is 0 Å². The number of amides is 2. The van der Waals surface area contributed by atoms with Crippen molar-refractivity contribution >= 4 is 6.03 Å². The highest BCUT2D eigenvalue weighted by molar-refractivity contribution is 5.74. The fraction of sp³-hybridized carbons (Fsp3) is 0.667.